The summed E-state index contributed by atoms with van der Waals surface area (Å²) in [6, 6.07) is 15.4. The van der Waals surface area contributed by atoms with Crippen molar-refractivity contribution in [3.05, 3.63) is 70.2 Å². The van der Waals surface area contributed by atoms with E-state index in [9.17, 15) is 9.59 Å². The van der Waals surface area contributed by atoms with Crippen LogP contribution in [0, 0.1) is 0 Å². The molecule has 0 unspecified atom stereocenters. The molecule has 0 aromatic heterocycles. The number of esters is 1. The molecule has 2 aromatic rings. The Kier molecular flexibility index (Phi) is 7.36. The molecule has 142 valence electrons. The van der Waals surface area contributed by atoms with Crippen LogP contribution in [0.2, 0.25) is 0 Å². The lowest BCUT2D eigenvalue weighted by atomic mass is 10.1. The Bertz CT molecular complexity index is 823. The minimum atomic E-state index is -0.529. The van der Waals surface area contributed by atoms with Crippen molar-refractivity contribution in [3.8, 4) is 0 Å². The molecule has 5 heteroatoms. The molecule has 0 bridgehead atoms. The summed E-state index contributed by atoms with van der Waals surface area (Å²) in [5.74, 6) is -0.466. The van der Waals surface area contributed by atoms with E-state index in [1.165, 1.54) is 6.08 Å². The molecular formula is C22H24BrNO3. The van der Waals surface area contributed by atoms with Crippen LogP contribution in [0.1, 0.15) is 38.3 Å². The first kappa shape index (κ1) is 20.9. The lowest BCUT2D eigenvalue weighted by Crippen LogP contribution is -2.22. The topological polar surface area (TPSA) is 55.4 Å². The van der Waals surface area contributed by atoms with Crippen LogP contribution in [-0.4, -0.2) is 17.5 Å². The van der Waals surface area contributed by atoms with Crippen LogP contribution < -0.4 is 5.32 Å². The summed E-state index contributed by atoms with van der Waals surface area (Å²) in [6.07, 6.45) is 4.13. The highest BCUT2D eigenvalue weighted by Crippen LogP contribution is 2.24. The van der Waals surface area contributed by atoms with Gasteiger partial charge in [0.25, 0.3) is 0 Å². The number of carbonyl (C=O) groups excluding carboxylic acids is 2. The fourth-order valence-corrected chi connectivity index (χ4v) is 2.70. The maximum atomic E-state index is 12.2. The highest BCUT2D eigenvalue weighted by Gasteiger charge is 2.14. The van der Waals surface area contributed by atoms with Crippen molar-refractivity contribution >= 4 is 39.6 Å². The summed E-state index contributed by atoms with van der Waals surface area (Å²) in [7, 11) is 0. The van der Waals surface area contributed by atoms with Gasteiger partial charge in [-0.05, 0) is 72.5 Å². The van der Waals surface area contributed by atoms with Crippen molar-refractivity contribution in [2.45, 2.75) is 39.2 Å². The van der Waals surface area contributed by atoms with Crippen molar-refractivity contribution in [1.82, 2.24) is 0 Å². The van der Waals surface area contributed by atoms with Gasteiger partial charge in [-0.15, -0.1) is 0 Å². The van der Waals surface area contributed by atoms with Crippen LogP contribution in [0.4, 0.5) is 5.69 Å². The zero-order valence-corrected chi connectivity index (χ0v) is 17.4. The first-order valence-electron chi connectivity index (χ1n) is 8.77. The number of hydrogen-bond acceptors (Lipinski definition) is 3. The SMILES string of the molecule is CC(C)(C)OC(=O)/C=C/c1ccc(Br)c(NC(=O)CCc2ccccc2)c1. The van der Waals surface area contributed by atoms with Gasteiger partial charge < -0.3 is 10.1 Å². The van der Waals surface area contributed by atoms with Crippen molar-refractivity contribution in [2.24, 2.45) is 0 Å². The van der Waals surface area contributed by atoms with Crippen LogP contribution in [0.3, 0.4) is 0 Å². The Labute approximate surface area is 168 Å². The Balaban J connectivity index is 1.97. The van der Waals surface area contributed by atoms with Crippen molar-refractivity contribution < 1.29 is 14.3 Å². The average molecular weight is 430 g/mol. The number of nitrogens with one attached hydrogen (secondary N) is 1. The number of ether oxygens (including phenoxy) is 1. The van der Waals surface area contributed by atoms with Crippen molar-refractivity contribution in [1.29, 1.82) is 0 Å². The molecule has 2 rings (SSSR count). The quantitative estimate of drug-likeness (QED) is 0.495. The van der Waals surface area contributed by atoms with Crippen molar-refractivity contribution in [2.75, 3.05) is 5.32 Å². The summed E-state index contributed by atoms with van der Waals surface area (Å²) < 4.78 is 6.03. The Morgan fingerprint density at radius 2 is 1.81 bits per heavy atom. The molecule has 0 saturated carbocycles. The van der Waals surface area contributed by atoms with E-state index in [0.29, 0.717) is 18.5 Å². The van der Waals surface area contributed by atoms with E-state index in [1.54, 1.807) is 6.08 Å². The highest BCUT2D eigenvalue weighted by atomic mass is 79.9. The molecule has 4 nitrogen and oxygen atoms in total. The van der Waals surface area contributed by atoms with Crippen LogP contribution in [0.15, 0.2) is 59.1 Å². The van der Waals surface area contributed by atoms with Crippen molar-refractivity contribution in [3.63, 3.8) is 0 Å². The fraction of sp³-hybridized carbons (Fsp3) is 0.273. The predicted molar refractivity (Wildman–Crippen MR) is 112 cm³/mol. The van der Waals surface area contributed by atoms with E-state index in [4.69, 9.17) is 4.74 Å². The molecule has 0 heterocycles. The lowest BCUT2D eigenvalue weighted by Gasteiger charge is -2.17. The van der Waals surface area contributed by atoms with Gasteiger partial charge in [-0.3, -0.25) is 4.79 Å². The van der Waals surface area contributed by atoms with Gasteiger partial charge in [0.05, 0.1) is 5.69 Å². The normalized spacial score (nSPS) is 11.4. The molecular weight excluding hydrogens is 406 g/mol. The molecule has 0 atom stereocenters. The smallest absolute Gasteiger partial charge is 0.331 e. The average Bonchev–Trinajstić information content (AvgIpc) is 2.60. The second-order valence-corrected chi connectivity index (χ2v) is 7.99. The van der Waals surface area contributed by atoms with Gasteiger partial charge >= 0.3 is 5.97 Å². The molecule has 0 radical (unpaired) electrons. The third kappa shape index (κ3) is 7.79. The van der Waals surface area contributed by atoms with E-state index >= 15 is 0 Å². The standard InChI is InChI=1S/C22H24BrNO3/c1-22(2,3)27-21(26)14-11-17-9-12-18(23)19(15-17)24-20(25)13-10-16-7-5-4-6-8-16/h4-9,11-12,14-15H,10,13H2,1-3H3,(H,24,25)/b14-11+. The second kappa shape index (κ2) is 9.51. The zero-order chi connectivity index (χ0) is 19.9. The maximum absolute atomic E-state index is 12.2. The maximum Gasteiger partial charge on any atom is 0.331 e. The zero-order valence-electron chi connectivity index (χ0n) is 15.8. The first-order valence-corrected chi connectivity index (χ1v) is 9.56. The number of rotatable bonds is 6. The molecule has 0 aliphatic heterocycles. The first-order chi connectivity index (χ1) is 12.7. The molecule has 1 amide bonds. The predicted octanol–water partition coefficient (Wildman–Crippen LogP) is 5.38. The van der Waals surface area contributed by atoms with Gasteiger partial charge in [-0.25, -0.2) is 4.79 Å². The van der Waals surface area contributed by atoms with Gasteiger partial charge in [0, 0.05) is 17.0 Å². The van der Waals surface area contributed by atoms with Gasteiger partial charge in [0.15, 0.2) is 0 Å². The summed E-state index contributed by atoms with van der Waals surface area (Å²) in [5, 5.41) is 2.91. The third-order valence-electron chi connectivity index (χ3n) is 3.57. The Morgan fingerprint density at radius 1 is 1.11 bits per heavy atom. The minimum absolute atomic E-state index is 0.0622. The van der Waals surface area contributed by atoms with Crippen LogP contribution in [-0.2, 0) is 20.7 Å². The molecule has 0 aliphatic rings. The van der Waals surface area contributed by atoms with E-state index in [2.05, 4.69) is 21.2 Å². The molecule has 0 spiro atoms. The summed E-state index contributed by atoms with van der Waals surface area (Å²) in [6.45, 7) is 5.46. The van der Waals surface area contributed by atoms with Gasteiger partial charge in [0.1, 0.15) is 5.60 Å². The number of amides is 1. The third-order valence-corrected chi connectivity index (χ3v) is 4.26. The molecule has 0 fully saturated rings. The molecule has 2 aromatic carbocycles. The van der Waals surface area contributed by atoms with E-state index in [0.717, 1.165) is 15.6 Å². The second-order valence-electron chi connectivity index (χ2n) is 7.14. The molecule has 27 heavy (non-hydrogen) atoms. The summed E-state index contributed by atoms with van der Waals surface area (Å²) >= 11 is 3.44. The Hall–Kier alpha value is -2.40. The monoisotopic (exact) mass is 429 g/mol. The molecule has 0 saturated heterocycles. The van der Waals surface area contributed by atoms with Crippen LogP contribution >= 0.6 is 15.9 Å². The van der Waals surface area contributed by atoms with Crippen LogP contribution in [0.25, 0.3) is 6.08 Å². The van der Waals surface area contributed by atoms with Gasteiger partial charge in [-0.1, -0.05) is 36.4 Å². The van der Waals surface area contributed by atoms with Crippen LogP contribution in [0.5, 0.6) is 0 Å². The van der Waals surface area contributed by atoms with E-state index < -0.39 is 11.6 Å². The molecule has 0 aliphatic carbocycles. The number of hydrogen-bond donors (Lipinski definition) is 1. The lowest BCUT2D eigenvalue weighted by molar-refractivity contribution is -0.148. The number of benzene rings is 2. The summed E-state index contributed by atoms with van der Waals surface area (Å²) in [5.41, 5.74) is 2.06. The number of anilines is 1. The van der Waals surface area contributed by atoms with Gasteiger partial charge in [-0.2, -0.15) is 0 Å². The largest absolute Gasteiger partial charge is 0.457 e. The number of aryl methyl sites for hydroxylation is 1. The minimum Gasteiger partial charge on any atom is -0.457 e. The van der Waals surface area contributed by atoms with E-state index in [1.807, 2.05) is 69.3 Å². The number of carbonyl (C=O) groups is 2. The van der Waals surface area contributed by atoms with Gasteiger partial charge in [0.2, 0.25) is 5.91 Å². The molecule has 1 N–H and O–H groups in total. The Morgan fingerprint density at radius 3 is 2.48 bits per heavy atom. The number of halogens is 1. The highest BCUT2D eigenvalue weighted by molar-refractivity contribution is 9.10. The van der Waals surface area contributed by atoms with E-state index in [-0.39, 0.29) is 5.91 Å². The fourth-order valence-electron chi connectivity index (χ4n) is 2.36. The summed E-state index contributed by atoms with van der Waals surface area (Å²) in [4.78, 5) is 24.0.